The van der Waals surface area contributed by atoms with Crippen LogP contribution in [0.2, 0.25) is 0 Å². The molecule has 0 aliphatic carbocycles. The van der Waals surface area contributed by atoms with Gasteiger partial charge in [-0.15, -0.1) is 0 Å². The third-order valence-corrected chi connectivity index (χ3v) is 4.75. The molecule has 0 bridgehead atoms. The quantitative estimate of drug-likeness (QED) is 0.125. The predicted molar refractivity (Wildman–Crippen MR) is 110 cm³/mol. The van der Waals surface area contributed by atoms with E-state index in [1.165, 1.54) is 77.0 Å². The highest BCUT2D eigenvalue weighted by molar-refractivity contribution is 7.80. The topological polar surface area (TPSA) is 52.6 Å². The minimum Gasteiger partial charge on any atom is -0.247 e. The van der Waals surface area contributed by atoms with Crippen LogP contribution in [0.3, 0.4) is 0 Å². The van der Waals surface area contributed by atoms with E-state index in [-0.39, 0.29) is 6.42 Å². The summed E-state index contributed by atoms with van der Waals surface area (Å²) >= 11 is 3.90. The normalized spacial score (nSPS) is 10.7. The molecular weight excluding hydrogens is 348 g/mol. The molecule has 0 rings (SSSR count). The molecule has 0 aliphatic rings. The monoisotopic (exact) mass is 388 g/mol. The van der Waals surface area contributed by atoms with Crippen molar-refractivity contribution in [2.24, 2.45) is 0 Å². The van der Waals surface area contributed by atoms with Crippen molar-refractivity contribution < 1.29 is 19.4 Å². The van der Waals surface area contributed by atoms with Gasteiger partial charge in [0.25, 0.3) is 0 Å². The zero-order chi connectivity index (χ0) is 19.3. The standard InChI is InChI=1S/C21H40O4S/c1-2-3-4-5-6-7-8-9-10-11-12-13-14-15-16-17-20(22)24-25-21(23)18-19-26/h26H,2-19H2,1H3. The first kappa shape index (κ1) is 25.3. The summed E-state index contributed by atoms with van der Waals surface area (Å²) in [6.07, 6.45) is 19.8. The van der Waals surface area contributed by atoms with Crippen molar-refractivity contribution in [3.63, 3.8) is 0 Å². The fraction of sp³-hybridized carbons (Fsp3) is 0.905. The summed E-state index contributed by atoms with van der Waals surface area (Å²) < 4.78 is 0. The van der Waals surface area contributed by atoms with Crippen LogP contribution in [0.25, 0.3) is 0 Å². The number of unbranched alkanes of at least 4 members (excludes halogenated alkanes) is 14. The molecule has 26 heavy (non-hydrogen) atoms. The molecule has 0 aromatic rings. The molecule has 0 heterocycles. The molecule has 0 atom stereocenters. The summed E-state index contributed by atoms with van der Waals surface area (Å²) in [5, 5.41) is 0. The molecule has 0 aliphatic heterocycles. The fourth-order valence-corrected chi connectivity index (χ4v) is 3.09. The first-order valence-electron chi connectivity index (χ1n) is 10.7. The Labute approximate surface area is 166 Å². The second-order valence-electron chi connectivity index (χ2n) is 7.08. The molecule has 154 valence electrons. The van der Waals surface area contributed by atoms with Crippen LogP contribution in [0.4, 0.5) is 0 Å². The van der Waals surface area contributed by atoms with E-state index in [0.29, 0.717) is 12.2 Å². The van der Waals surface area contributed by atoms with Crippen molar-refractivity contribution in [1.29, 1.82) is 0 Å². The molecule has 5 heteroatoms. The van der Waals surface area contributed by atoms with Crippen LogP contribution in [-0.2, 0) is 19.4 Å². The maximum atomic E-state index is 11.4. The van der Waals surface area contributed by atoms with Gasteiger partial charge in [0.1, 0.15) is 0 Å². The third-order valence-electron chi connectivity index (χ3n) is 4.53. The molecule has 4 nitrogen and oxygen atoms in total. The zero-order valence-corrected chi connectivity index (χ0v) is 17.7. The van der Waals surface area contributed by atoms with E-state index >= 15 is 0 Å². The van der Waals surface area contributed by atoms with Gasteiger partial charge in [-0.2, -0.15) is 12.6 Å². The summed E-state index contributed by atoms with van der Waals surface area (Å²) in [7, 11) is 0. The van der Waals surface area contributed by atoms with Gasteiger partial charge in [-0.1, -0.05) is 96.8 Å². The molecule has 0 spiro atoms. The van der Waals surface area contributed by atoms with Gasteiger partial charge in [0.15, 0.2) is 0 Å². The average Bonchev–Trinajstić information content (AvgIpc) is 2.63. The van der Waals surface area contributed by atoms with E-state index < -0.39 is 11.9 Å². The summed E-state index contributed by atoms with van der Waals surface area (Å²) in [5.74, 6) is -0.632. The predicted octanol–water partition coefficient (Wildman–Crippen LogP) is 6.57. The summed E-state index contributed by atoms with van der Waals surface area (Å²) in [5.41, 5.74) is 0. The van der Waals surface area contributed by atoms with Crippen molar-refractivity contribution >= 4 is 24.6 Å². The Morgan fingerprint density at radius 3 is 1.31 bits per heavy atom. The largest absolute Gasteiger partial charge is 0.356 e. The van der Waals surface area contributed by atoms with Crippen molar-refractivity contribution in [3.8, 4) is 0 Å². The molecule has 0 unspecified atom stereocenters. The molecule has 0 fully saturated rings. The summed E-state index contributed by atoms with van der Waals surface area (Å²) in [6, 6.07) is 0. The lowest BCUT2D eigenvalue weighted by Gasteiger charge is -2.04. The first-order valence-corrected chi connectivity index (χ1v) is 11.3. The molecule has 0 saturated heterocycles. The lowest BCUT2D eigenvalue weighted by molar-refractivity contribution is -0.258. The van der Waals surface area contributed by atoms with Gasteiger partial charge in [-0.25, -0.2) is 19.4 Å². The maximum absolute atomic E-state index is 11.4. The summed E-state index contributed by atoms with van der Waals surface area (Å²) in [4.78, 5) is 31.2. The molecule has 0 N–H and O–H groups in total. The minimum atomic E-state index is -0.551. The number of hydrogen-bond acceptors (Lipinski definition) is 5. The van der Waals surface area contributed by atoms with Gasteiger partial charge in [0.2, 0.25) is 0 Å². The van der Waals surface area contributed by atoms with Crippen molar-refractivity contribution in [1.82, 2.24) is 0 Å². The number of thiol groups is 1. The Hall–Kier alpha value is -0.710. The molecule has 0 saturated carbocycles. The Bertz CT molecular complexity index is 334. The van der Waals surface area contributed by atoms with Gasteiger partial charge >= 0.3 is 11.9 Å². The van der Waals surface area contributed by atoms with Gasteiger partial charge in [0.05, 0.1) is 12.8 Å². The smallest absolute Gasteiger partial charge is 0.247 e. The molecule has 0 amide bonds. The van der Waals surface area contributed by atoms with Crippen LogP contribution in [0.1, 0.15) is 116 Å². The van der Waals surface area contributed by atoms with Crippen molar-refractivity contribution in [3.05, 3.63) is 0 Å². The Balaban J connectivity index is 3.17. The van der Waals surface area contributed by atoms with E-state index in [9.17, 15) is 9.59 Å². The van der Waals surface area contributed by atoms with Crippen LogP contribution in [0.5, 0.6) is 0 Å². The second-order valence-corrected chi connectivity index (χ2v) is 7.53. The Morgan fingerprint density at radius 2 is 0.923 bits per heavy atom. The number of carbonyl (C=O) groups excluding carboxylic acids is 2. The third kappa shape index (κ3) is 19.6. The number of rotatable bonds is 18. The minimum absolute atomic E-state index is 0.148. The Morgan fingerprint density at radius 1 is 0.577 bits per heavy atom. The van der Waals surface area contributed by atoms with Gasteiger partial charge in [0, 0.05) is 5.75 Å². The van der Waals surface area contributed by atoms with Crippen LogP contribution < -0.4 is 0 Å². The van der Waals surface area contributed by atoms with Gasteiger partial charge in [-0.3, -0.25) is 0 Å². The highest BCUT2D eigenvalue weighted by atomic mass is 32.1. The highest BCUT2D eigenvalue weighted by Gasteiger charge is 2.08. The van der Waals surface area contributed by atoms with E-state index in [1.807, 2.05) is 0 Å². The van der Waals surface area contributed by atoms with Crippen molar-refractivity contribution in [2.75, 3.05) is 5.75 Å². The van der Waals surface area contributed by atoms with E-state index in [4.69, 9.17) is 0 Å². The summed E-state index contributed by atoms with van der Waals surface area (Å²) in [6.45, 7) is 2.26. The number of hydrogen-bond donors (Lipinski definition) is 1. The van der Waals surface area contributed by atoms with Gasteiger partial charge < -0.3 is 0 Å². The lowest BCUT2D eigenvalue weighted by atomic mass is 10.0. The van der Waals surface area contributed by atoms with Crippen LogP contribution in [0, 0.1) is 0 Å². The molecule has 0 aromatic carbocycles. The average molecular weight is 389 g/mol. The van der Waals surface area contributed by atoms with Crippen LogP contribution in [-0.4, -0.2) is 17.7 Å². The Kier molecular flexibility index (Phi) is 20.0. The molecule has 0 radical (unpaired) electrons. The first-order chi connectivity index (χ1) is 12.7. The van der Waals surface area contributed by atoms with E-state index in [1.54, 1.807) is 0 Å². The fourth-order valence-electron chi connectivity index (χ4n) is 2.91. The van der Waals surface area contributed by atoms with Gasteiger partial charge in [-0.05, 0) is 6.42 Å². The van der Waals surface area contributed by atoms with Crippen molar-refractivity contribution in [2.45, 2.75) is 116 Å². The lowest BCUT2D eigenvalue weighted by Crippen LogP contribution is -2.11. The maximum Gasteiger partial charge on any atom is 0.356 e. The van der Waals surface area contributed by atoms with Crippen LogP contribution in [0.15, 0.2) is 0 Å². The SMILES string of the molecule is CCCCCCCCCCCCCCCCCC(=O)OOC(=O)CCS. The van der Waals surface area contributed by atoms with E-state index in [2.05, 4.69) is 29.3 Å². The van der Waals surface area contributed by atoms with Crippen LogP contribution >= 0.6 is 12.6 Å². The number of carbonyl (C=O) groups is 2. The molecular formula is C21H40O4S. The molecule has 0 aromatic heterocycles. The van der Waals surface area contributed by atoms with E-state index in [0.717, 1.165) is 19.3 Å². The zero-order valence-electron chi connectivity index (χ0n) is 16.8. The second kappa shape index (κ2) is 20.6. The highest BCUT2D eigenvalue weighted by Crippen LogP contribution is 2.13.